The van der Waals surface area contributed by atoms with Gasteiger partial charge >= 0.3 is 0 Å². The molecule has 0 N–H and O–H groups in total. The van der Waals surface area contributed by atoms with Crippen molar-refractivity contribution in [1.29, 1.82) is 0 Å². The Balaban J connectivity index is 4.11. The van der Waals surface area contributed by atoms with Crippen LogP contribution in [-0.4, -0.2) is 0 Å². The van der Waals surface area contributed by atoms with Crippen LogP contribution in [0.2, 0.25) is 0 Å². The van der Waals surface area contributed by atoms with Crippen molar-refractivity contribution in [1.82, 2.24) is 0 Å². The summed E-state index contributed by atoms with van der Waals surface area (Å²) in [5.74, 6) is -0.227. The van der Waals surface area contributed by atoms with Gasteiger partial charge in [-0.3, -0.25) is 0 Å². The van der Waals surface area contributed by atoms with Gasteiger partial charge in [-0.05, 0) is 25.5 Å². The molecule has 0 heterocycles. The molecule has 0 spiro atoms. The highest BCUT2D eigenvalue weighted by Gasteiger charge is 1.87. The van der Waals surface area contributed by atoms with Crippen LogP contribution in [-0.2, 0) is 0 Å². The van der Waals surface area contributed by atoms with Crippen molar-refractivity contribution < 1.29 is 4.39 Å². The number of halogens is 1. The standard InChI is InChI=1S/C9H13F/c1-4-6-9(10)7-8(3)5-2/h4,6-7H,1,5H2,2-3H3/b8-7?,9-6+. The zero-order valence-corrected chi connectivity index (χ0v) is 6.52. The maximum atomic E-state index is 12.6. The Labute approximate surface area is 61.8 Å². The molecule has 0 saturated heterocycles. The van der Waals surface area contributed by atoms with Gasteiger partial charge in [-0.1, -0.05) is 25.2 Å². The second-order valence-corrected chi connectivity index (χ2v) is 2.13. The van der Waals surface area contributed by atoms with Crippen molar-refractivity contribution in [2.24, 2.45) is 0 Å². The van der Waals surface area contributed by atoms with E-state index in [1.807, 2.05) is 13.8 Å². The van der Waals surface area contributed by atoms with Gasteiger partial charge in [0, 0.05) is 0 Å². The van der Waals surface area contributed by atoms with Crippen molar-refractivity contribution in [3.8, 4) is 0 Å². The van der Waals surface area contributed by atoms with Gasteiger partial charge in [0.25, 0.3) is 0 Å². The maximum Gasteiger partial charge on any atom is 0.123 e. The van der Waals surface area contributed by atoms with Gasteiger partial charge in [-0.25, -0.2) is 4.39 Å². The molecular weight excluding hydrogens is 127 g/mol. The van der Waals surface area contributed by atoms with Crippen LogP contribution in [0.5, 0.6) is 0 Å². The summed E-state index contributed by atoms with van der Waals surface area (Å²) in [6, 6.07) is 0. The SMILES string of the molecule is C=C/C=C(/F)C=C(C)CC. The smallest absolute Gasteiger partial charge is 0.123 e. The van der Waals surface area contributed by atoms with Crippen molar-refractivity contribution in [3.63, 3.8) is 0 Å². The van der Waals surface area contributed by atoms with Gasteiger partial charge in [-0.15, -0.1) is 0 Å². The molecule has 0 aliphatic rings. The summed E-state index contributed by atoms with van der Waals surface area (Å²) in [6.45, 7) is 7.28. The maximum absolute atomic E-state index is 12.6. The molecule has 0 fully saturated rings. The summed E-state index contributed by atoms with van der Waals surface area (Å²) < 4.78 is 12.6. The lowest BCUT2D eigenvalue weighted by atomic mass is 10.2. The largest absolute Gasteiger partial charge is 0.207 e. The second-order valence-electron chi connectivity index (χ2n) is 2.13. The Morgan fingerprint density at radius 2 is 2.20 bits per heavy atom. The van der Waals surface area contributed by atoms with Crippen LogP contribution in [0.1, 0.15) is 20.3 Å². The monoisotopic (exact) mass is 140 g/mol. The van der Waals surface area contributed by atoms with Crippen LogP contribution in [0.4, 0.5) is 4.39 Å². The van der Waals surface area contributed by atoms with E-state index in [4.69, 9.17) is 0 Å². The summed E-state index contributed by atoms with van der Waals surface area (Å²) in [5.41, 5.74) is 1.04. The summed E-state index contributed by atoms with van der Waals surface area (Å²) in [7, 11) is 0. The summed E-state index contributed by atoms with van der Waals surface area (Å²) in [5, 5.41) is 0. The third-order valence-electron chi connectivity index (χ3n) is 1.22. The summed E-state index contributed by atoms with van der Waals surface area (Å²) in [6.07, 6.45) is 5.19. The fourth-order valence-electron chi connectivity index (χ4n) is 0.498. The normalized spacial score (nSPS) is 13.5. The lowest BCUT2D eigenvalue weighted by Crippen LogP contribution is -1.71. The lowest BCUT2D eigenvalue weighted by Gasteiger charge is -1.91. The predicted molar refractivity (Wildman–Crippen MR) is 43.4 cm³/mol. The fourth-order valence-corrected chi connectivity index (χ4v) is 0.498. The zero-order chi connectivity index (χ0) is 7.98. The van der Waals surface area contributed by atoms with Crippen molar-refractivity contribution in [2.75, 3.05) is 0 Å². The molecule has 0 bridgehead atoms. The minimum absolute atomic E-state index is 0.227. The Morgan fingerprint density at radius 1 is 1.60 bits per heavy atom. The molecule has 0 aliphatic carbocycles. The molecule has 56 valence electrons. The van der Waals surface area contributed by atoms with E-state index < -0.39 is 0 Å². The molecule has 10 heavy (non-hydrogen) atoms. The number of allylic oxidation sites excluding steroid dienone is 5. The molecule has 0 atom stereocenters. The molecule has 0 aromatic rings. The molecule has 0 aliphatic heterocycles. The van der Waals surface area contributed by atoms with E-state index >= 15 is 0 Å². The van der Waals surface area contributed by atoms with E-state index in [-0.39, 0.29) is 5.83 Å². The van der Waals surface area contributed by atoms with Crippen LogP contribution in [0, 0.1) is 0 Å². The molecule has 1 heteroatoms. The van der Waals surface area contributed by atoms with Crippen LogP contribution in [0.3, 0.4) is 0 Å². The number of rotatable bonds is 3. The first kappa shape index (κ1) is 9.15. The topological polar surface area (TPSA) is 0 Å². The highest BCUT2D eigenvalue weighted by Crippen LogP contribution is 2.06. The molecule has 0 rings (SSSR count). The van der Waals surface area contributed by atoms with E-state index in [1.165, 1.54) is 18.2 Å². The minimum atomic E-state index is -0.227. The quantitative estimate of drug-likeness (QED) is 0.527. The van der Waals surface area contributed by atoms with Gasteiger partial charge in [0.2, 0.25) is 0 Å². The van der Waals surface area contributed by atoms with E-state index in [0.29, 0.717) is 0 Å². The minimum Gasteiger partial charge on any atom is -0.207 e. The Kier molecular flexibility index (Phi) is 4.55. The molecule has 0 aromatic heterocycles. The van der Waals surface area contributed by atoms with Gasteiger partial charge in [-0.2, -0.15) is 0 Å². The van der Waals surface area contributed by atoms with Gasteiger partial charge in [0.05, 0.1) is 0 Å². The summed E-state index contributed by atoms with van der Waals surface area (Å²) in [4.78, 5) is 0. The van der Waals surface area contributed by atoms with Crippen molar-refractivity contribution in [3.05, 3.63) is 36.2 Å². The second kappa shape index (κ2) is 4.98. The highest BCUT2D eigenvalue weighted by atomic mass is 19.1. The lowest BCUT2D eigenvalue weighted by molar-refractivity contribution is 0.664. The molecule has 0 unspecified atom stereocenters. The average Bonchev–Trinajstić information content (AvgIpc) is 1.88. The fraction of sp³-hybridized carbons (Fsp3) is 0.333. The van der Waals surface area contributed by atoms with E-state index in [9.17, 15) is 4.39 Å². The first-order chi connectivity index (χ1) is 4.70. The zero-order valence-electron chi connectivity index (χ0n) is 6.52. The van der Waals surface area contributed by atoms with Crippen LogP contribution >= 0.6 is 0 Å². The number of hydrogen-bond acceptors (Lipinski definition) is 0. The molecule has 0 amide bonds. The van der Waals surface area contributed by atoms with E-state index in [0.717, 1.165) is 12.0 Å². The van der Waals surface area contributed by atoms with Crippen molar-refractivity contribution in [2.45, 2.75) is 20.3 Å². The molecule has 0 saturated carbocycles. The first-order valence-electron chi connectivity index (χ1n) is 3.36. The van der Waals surface area contributed by atoms with Crippen LogP contribution in [0.25, 0.3) is 0 Å². The summed E-state index contributed by atoms with van der Waals surface area (Å²) >= 11 is 0. The van der Waals surface area contributed by atoms with Gasteiger partial charge in [0.1, 0.15) is 5.83 Å². The van der Waals surface area contributed by atoms with E-state index in [2.05, 4.69) is 6.58 Å². The van der Waals surface area contributed by atoms with Crippen LogP contribution in [0.15, 0.2) is 36.2 Å². The molecule has 0 radical (unpaired) electrons. The molecule has 0 aromatic carbocycles. The third-order valence-corrected chi connectivity index (χ3v) is 1.22. The average molecular weight is 140 g/mol. The van der Waals surface area contributed by atoms with Crippen molar-refractivity contribution >= 4 is 0 Å². The number of hydrogen-bond donors (Lipinski definition) is 0. The highest BCUT2D eigenvalue weighted by molar-refractivity contribution is 5.19. The third kappa shape index (κ3) is 4.07. The van der Waals surface area contributed by atoms with E-state index in [1.54, 1.807) is 0 Å². The van der Waals surface area contributed by atoms with Crippen LogP contribution < -0.4 is 0 Å². The Morgan fingerprint density at radius 3 is 2.60 bits per heavy atom. The Bertz CT molecular complexity index is 164. The molecule has 0 nitrogen and oxygen atoms in total. The first-order valence-corrected chi connectivity index (χ1v) is 3.36. The van der Waals surface area contributed by atoms with Gasteiger partial charge in [0.15, 0.2) is 0 Å². The van der Waals surface area contributed by atoms with Gasteiger partial charge < -0.3 is 0 Å². The molecular formula is C9H13F. The Hall–Kier alpha value is -0.850. The predicted octanol–water partition coefficient (Wildman–Crippen LogP) is 3.38.